The maximum Gasteiger partial charge on any atom is 0.270 e. The monoisotopic (exact) mass is 284 g/mol. The minimum atomic E-state index is -2.72. The molecule has 0 amide bonds. The molecule has 0 unspecified atom stereocenters. The minimum absolute atomic E-state index is 0.295. The lowest BCUT2D eigenvalue weighted by molar-refractivity contribution is -0.385. The van der Waals surface area contributed by atoms with Crippen LogP contribution in [-0.2, 0) is 0 Å². The van der Waals surface area contributed by atoms with E-state index in [0.29, 0.717) is 18.2 Å². The van der Waals surface area contributed by atoms with Crippen molar-refractivity contribution in [1.29, 1.82) is 0 Å². The van der Waals surface area contributed by atoms with E-state index in [-0.39, 0.29) is 11.3 Å². The average molecular weight is 284 g/mol. The SMILES string of the molecule is O=[N+]([O-])c1ccc(NCCC2CCCC2)c(C(F)F)c1. The summed E-state index contributed by atoms with van der Waals surface area (Å²) < 4.78 is 25.9. The van der Waals surface area contributed by atoms with Crippen LogP contribution in [0.15, 0.2) is 18.2 Å². The fourth-order valence-electron chi connectivity index (χ4n) is 2.72. The maximum atomic E-state index is 12.9. The summed E-state index contributed by atoms with van der Waals surface area (Å²) in [7, 11) is 0. The molecule has 1 aromatic carbocycles. The topological polar surface area (TPSA) is 55.2 Å². The molecular weight excluding hydrogens is 266 g/mol. The largest absolute Gasteiger partial charge is 0.385 e. The van der Waals surface area contributed by atoms with Crippen molar-refractivity contribution in [1.82, 2.24) is 0 Å². The summed E-state index contributed by atoms with van der Waals surface area (Å²) in [6.07, 6.45) is 3.17. The van der Waals surface area contributed by atoms with E-state index in [1.807, 2.05) is 0 Å². The summed E-state index contributed by atoms with van der Waals surface area (Å²) in [4.78, 5) is 9.96. The Balaban J connectivity index is 2.00. The third-order valence-corrected chi connectivity index (χ3v) is 3.82. The van der Waals surface area contributed by atoms with Gasteiger partial charge in [0.25, 0.3) is 12.1 Å². The molecule has 1 fully saturated rings. The third kappa shape index (κ3) is 3.65. The number of nitro benzene ring substituents is 1. The summed E-state index contributed by atoms with van der Waals surface area (Å²) in [5, 5.41) is 13.6. The lowest BCUT2D eigenvalue weighted by Crippen LogP contribution is -2.08. The molecule has 110 valence electrons. The second-order valence-corrected chi connectivity index (χ2v) is 5.20. The molecule has 0 saturated heterocycles. The molecule has 1 aliphatic rings. The molecule has 0 aromatic heterocycles. The van der Waals surface area contributed by atoms with Crippen molar-refractivity contribution in [3.8, 4) is 0 Å². The normalized spacial score (nSPS) is 15.8. The first-order chi connectivity index (χ1) is 9.58. The lowest BCUT2D eigenvalue weighted by Gasteiger charge is -2.13. The molecule has 20 heavy (non-hydrogen) atoms. The molecule has 0 spiro atoms. The summed E-state index contributed by atoms with van der Waals surface area (Å²) in [5.74, 6) is 0.676. The summed E-state index contributed by atoms with van der Waals surface area (Å²) in [6, 6.07) is 3.57. The fraction of sp³-hybridized carbons (Fsp3) is 0.571. The number of rotatable bonds is 6. The number of alkyl halides is 2. The van der Waals surface area contributed by atoms with E-state index >= 15 is 0 Å². The smallest absolute Gasteiger partial charge is 0.270 e. The second-order valence-electron chi connectivity index (χ2n) is 5.20. The molecule has 0 aliphatic heterocycles. The minimum Gasteiger partial charge on any atom is -0.385 e. The van der Waals surface area contributed by atoms with Gasteiger partial charge in [0.1, 0.15) is 0 Å². The molecule has 4 nitrogen and oxygen atoms in total. The molecule has 1 N–H and O–H groups in total. The number of nitrogens with one attached hydrogen (secondary N) is 1. The summed E-state index contributed by atoms with van der Waals surface area (Å²) in [6.45, 7) is 0.627. The lowest BCUT2D eigenvalue weighted by atomic mass is 10.0. The molecule has 0 atom stereocenters. The number of hydrogen-bond donors (Lipinski definition) is 1. The van der Waals surface area contributed by atoms with Crippen LogP contribution in [0.5, 0.6) is 0 Å². The van der Waals surface area contributed by atoms with Crippen molar-refractivity contribution in [3.05, 3.63) is 33.9 Å². The zero-order valence-electron chi connectivity index (χ0n) is 11.1. The molecule has 6 heteroatoms. The van der Waals surface area contributed by atoms with Crippen molar-refractivity contribution in [2.24, 2.45) is 5.92 Å². The van der Waals surface area contributed by atoms with Crippen LogP contribution in [0.4, 0.5) is 20.2 Å². The van der Waals surface area contributed by atoms with Gasteiger partial charge in [0, 0.05) is 29.9 Å². The quantitative estimate of drug-likeness (QED) is 0.617. The Labute approximate surface area is 116 Å². The van der Waals surface area contributed by atoms with Gasteiger partial charge in [-0.15, -0.1) is 0 Å². The molecule has 1 saturated carbocycles. The first-order valence-corrected chi connectivity index (χ1v) is 6.88. The van der Waals surface area contributed by atoms with Crippen molar-refractivity contribution in [2.75, 3.05) is 11.9 Å². The van der Waals surface area contributed by atoms with Crippen LogP contribution in [0.25, 0.3) is 0 Å². The van der Waals surface area contributed by atoms with Gasteiger partial charge in [0.2, 0.25) is 0 Å². The van der Waals surface area contributed by atoms with E-state index in [4.69, 9.17) is 0 Å². The third-order valence-electron chi connectivity index (χ3n) is 3.82. The highest BCUT2D eigenvalue weighted by Gasteiger charge is 2.19. The zero-order valence-corrected chi connectivity index (χ0v) is 11.1. The van der Waals surface area contributed by atoms with E-state index in [2.05, 4.69) is 5.32 Å². The Morgan fingerprint density at radius 1 is 1.35 bits per heavy atom. The van der Waals surface area contributed by atoms with Crippen molar-refractivity contribution < 1.29 is 13.7 Å². The summed E-state index contributed by atoms with van der Waals surface area (Å²) >= 11 is 0. The van der Waals surface area contributed by atoms with Crippen LogP contribution in [0.3, 0.4) is 0 Å². The standard InChI is InChI=1S/C14H18F2N2O2/c15-14(16)12-9-11(18(19)20)5-6-13(12)17-8-7-10-3-1-2-4-10/h5-6,9-10,14,17H,1-4,7-8H2. The summed E-state index contributed by atoms with van der Waals surface area (Å²) in [5.41, 5.74) is -0.309. The molecule has 0 radical (unpaired) electrons. The first-order valence-electron chi connectivity index (χ1n) is 6.88. The zero-order chi connectivity index (χ0) is 14.5. The molecule has 1 aromatic rings. The van der Waals surface area contributed by atoms with Gasteiger partial charge in [0.05, 0.1) is 4.92 Å². The van der Waals surface area contributed by atoms with Crippen molar-refractivity contribution in [2.45, 2.75) is 38.5 Å². The van der Waals surface area contributed by atoms with Crippen LogP contribution < -0.4 is 5.32 Å². The van der Waals surface area contributed by atoms with Crippen molar-refractivity contribution in [3.63, 3.8) is 0 Å². The van der Waals surface area contributed by atoms with E-state index < -0.39 is 11.3 Å². The van der Waals surface area contributed by atoms with Gasteiger partial charge in [0.15, 0.2) is 0 Å². The van der Waals surface area contributed by atoms with Gasteiger partial charge < -0.3 is 5.32 Å². The Morgan fingerprint density at radius 2 is 2.05 bits per heavy atom. The Morgan fingerprint density at radius 3 is 2.65 bits per heavy atom. The highest BCUT2D eigenvalue weighted by atomic mass is 19.3. The number of halogens is 2. The van der Waals surface area contributed by atoms with Gasteiger partial charge in [-0.25, -0.2) is 8.78 Å². The highest BCUT2D eigenvalue weighted by molar-refractivity contribution is 5.56. The molecular formula is C14H18F2N2O2. The van der Waals surface area contributed by atoms with Gasteiger partial charge in [-0.1, -0.05) is 25.7 Å². The van der Waals surface area contributed by atoms with E-state index in [0.717, 1.165) is 12.5 Å². The van der Waals surface area contributed by atoms with Crippen LogP contribution in [0.2, 0.25) is 0 Å². The van der Waals surface area contributed by atoms with Gasteiger partial charge in [-0.05, 0) is 18.4 Å². The average Bonchev–Trinajstić information content (AvgIpc) is 2.91. The second kappa shape index (κ2) is 6.63. The van der Waals surface area contributed by atoms with E-state index in [1.165, 1.54) is 37.8 Å². The van der Waals surface area contributed by atoms with E-state index in [9.17, 15) is 18.9 Å². The van der Waals surface area contributed by atoms with Crippen LogP contribution in [0, 0.1) is 16.0 Å². The maximum absolute atomic E-state index is 12.9. The van der Waals surface area contributed by atoms with Crippen molar-refractivity contribution >= 4 is 11.4 Å². The number of nitro groups is 1. The molecule has 0 bridgehead atoms. The van der Waals surface area contributed by atoms with E-state index in [1.54, 1.807) is 0 Å². The Bertz CT molecular complexity index is 474. The highest BCUT2D eigenvalue weighted by Crippen LogP contribution is 2.31. The number of anilines is 1. The molecule has 1 aliphatic carbocycles. The molecule has 0 heterocycles. The van der Waals surface area contributed by atoms with Crippen LogP contribution in [0.1, 0.15) is 44.1 Å². The predicted molar refractivity (Wildman–Crippen MR) is 73.1 cm³/mol. The first kappa shape index (κ1) is 14.7. The van der Waals surface area contributed by atoms with Gasteiger partial charge in [-0.2, -0.15) is 0 Å². The molecule has 2 rings (SSSR count). The number of benzene rings is 1. The number of nitrogens with zero attached hydrogens (tertiary/aromatic N) is 1. The van der Waals surface area contributed by atoms with Gasteiger partial charge in [-0.3, -0.25) is 10.1 Å². The van der Waals surface area contributed by atoms with Crippen LogP contribution >= 0.6 is 0 Å². The van der Waals surface area contributed by atoms with Gasteiger partial charge >= 0.3 is 0 Å². The Kier molecular flexibility index (Phi) is 4.87. The Hall–Kier alpha value is -1.72. The number of hydrogen-bond acceptors (Lipinski definition) is 3. The predicted octanol–water partition coefficient (Wildman–Crippen LogP) is 4.52. The fourth-order valence-corrected chi connectivity index (χ4v) is 2.72. The van der Waals surface area contributed by atoms with Crippen LogP contribution in [-0.4, -0.2) is 11.5 Å². The number of non-ortho nitro benzene ring substituents is 1.